The average molecular weight is 342 g/mol. The lowest BCUT2D eigenvalue weighted by molar-refractivity contribution is -0.229. The Morgan fingerprint density at radius 2 is 1.75 bits per heavy atom. The van der Waals surface area contributed by atoms with E-state index >= 15 is 0 Å². The van der Waals surface area contributed by atoms with Crippen LogP contribution in [0.5, 0.6) is 0 Å². The van der Waals surface area contributed by atoms with Crippen LogP contribution >= 0.6 is 0 Å². The zero-order valence-corrected chi connectivity index (χ0v) is 14.6. The van der Waals surface area contributed by atoms with E-state index < -0.39 is 36.5 Å². The van der Waals surface area contributed by atoms with Crippen molar-refractivity contribution < 1.29 is 25.2 Å². The van der Waals surface area contributed by atoms with Gasteiger partial charge < -0.3 is 20.4 Å². The second kappa shape index (κ2) is 6.30. The molecule has 4 bridgehead atoms. The Labute approximate surface area is 142 Å². The summed E-state index contributed by atoms with van der Waals surface area (Å²) in [6, 6.07) is 0. The molecular weight excluding hydrogens is 312 g/mol. The van der Waals surface area contributed by atoms with Gasteiger partial charge in [-0.25, -0.2) is 0 Å². The number of unbranched alkanes of at least 4 members (excludes halogenated alkanes) is 1. The predicted molar refractivity (Wildman–Crippen MR) is 87.1 cm³/mol. The van der Waals surface area contributed by atoms with E-state index in [1.807, 2.05) is 6.92 Å². The van der Waals surface area contributed by atoms with Gasteiger partial charge in [0.05, 0.1) is 23.6 Å². The fourth-order valence-corrected chi connectivity index (χ4v) is 5.15. The van der Waals surface area contributed by atoms with Crippen LogP contribution in [0.15, 0.2) is 0 Å². The molecular formula is C17H30N2O5. The van der Waals surface area contributed by atoms with E-state index in [0.29, 0.717) is 32.0 Å². The summed E-state index contributed by atoms with van der Waals surface area (Å²) >= 11 is 0. The van der Waals surface area contributed by atoms with Crippen molar-refractivity contribution in [2.45, 2.75) is 57.6 Å². The van der Waals surface area contributed by atoms with Crippen LogP contribution in [0.4, 0.5) is 0 Å². The molecule has 4 saturated heterocycles. The number of hydrogen-bond donors (Lipinski definition) is 4. The van der Waals surface area contributed by atoms with Crippen LogP contribution in [0.3, 0.4) is 0 Å². The first kappa shape index (κ1) is 18.2. The Balaban J connectivity index is 1.84. The Kier molecular flexibility index (Phi) is 4.79. The standard InChI is InChI=1S/C17H30N2O5/c1-3-4-5-17-9-18-7-16(2,15(17)24)8-19(10-17)14(18)13(23)12(22)11(21)6-20/h11-14,20-23H,3-10H2,1-2H3/t11-,12-,13+,14?,16?,17?/m0/s1. The van der Waals surface area contributed by atoms with Crippen LogP contribution in [0, 0.1) is 10.8 Å². The molecule has 0 aliphatic carbocycles. The van der Waals surface area contributed by atoms with Crippen molar-refractivity contribution in [1.82, 2.24) is 9.80 Å². The molecule has 5 atom stereocenters. The Morgan fingerprint density at radius 3 is 2.25 bits per heavy atom. The van der Waals surface area contributed by atoms with Gasteiger partial charge in [0.2, 0.25) is 0 Å². The predicted octanol–water partition coefficient (Wildman–Crippen LogP) is -1.22. The van der Waals surface area contributed by atoms with Gasteiger partial charge in [-0.2, -0.15) is 0 Å². The molecule has 0 aromatic carbocycles. The van der Waals surface area contributed by atoms with Gasteiger partial charge in [0, 0.05) is 26.2 Å². The summed E-state index contributed by atoms with van der Waals surface area (Å²) in [7, 11) is 0. The average Bonchev–Trinajstić information content (AvgIpc) is 2.55. The molecule has 0 saturated carbocycles. The summed E-state index contributed by atoms with van der Waals surface area (Å²) in [6.07, 6.45) is -1.48. The van der Waals surface area contributed by atoms with Crippen LogP contribution in [0.1, 0.15) is 33.1 Å². The van der Waals surface area contributed by atoms with Crippen molar-refractivity contribution in [1.29, 1.82) is 0 Å². The van der Waals surface area contributed by atoms with Crippen molar-refractivity contribution in [3.05, 3.63) is 0 Å². The first-order chi connectivity index (χ1) is 11.3. The quantitative estimate of drug-likeness (QED) is 0.460. The van der Waals surface area contributed by atoms with Crippen LogP contribution in [0.25, 0.3) is 0 Å². The van der Waals surface area contributed by atoms with Crippen LogP contribution < -0.4 is 0 Å². The molecule has 4 N–H and O–H groups in total. The molecule has 0 radical (unpaired) electrons. The summed E-state index contributed by atoms with van der Waals surface area (Å²) in [6.45, 7) is 5.85. The molecule has 2 unspecified atom stereocenters. The van der Waals surface area contributed by atoms with Gasteiger partial charge in [-0.15, -0.1) is 0 Å². The second-order valence-electron chi connectivity index (χ2n) is 8.23. The molecule has 24 heavy (non-hydrogen) atoms. The lowest BCUT2D eigenvalue weighted by Crippen LogP contribution is -2.81. The smallest absolute Gasteiger partial charge is 0.150 e. The molecule has 138 valence electrons. The number of piperidine rings is 2. The fraction of sp³-hybridized carbons (Fsp3) is 0.941. The third-order valence-corrected chi connectivity index (χ3v) is 6.14. The van der Waals surface area contributed by atoms with Crippen molar-refractivity contribution >= 4 is 5.78 Å². The number of aliphatic hydroxyl groups excluding tert-OH is 4. The van der Waals surface area contributed by atoms with Gasteiger partial charge in [0.25, 0.3) is 0 Å². The highest BCUT2D eigenvalue weighted by Crippen LogP contribution is 2.51. The van der Waals surface area contributed by atoms with E-state index in [9.17, 15) is 20.1 Å². The van der Waals surface area contributed by atoms with Crippen LogP contribution in [-0.4, -0.2) is 93.3 Å². The van der Waals surface area contributed by atoms with Crippen molar-refractivity contribution in [2.75, 3.05) is 32.8 Å². The molecule has 4 aliphatic rings. The molecule has 0 aromatic heterocycles. The normalized spacial score (nSPS) is 44.6. The molecule has 4 rings (SSSR count). The third kappa shape index (κ3) is 2.62. The minimum absolute atomic E-state index is 0.347. The topological polar surface area (TPSA) is 104 Å². The SMILES string of the molecule is CCCCC12CN3CC(C)(CN(C1)C3[C@H](O)[C@@H](O)[C@@H](O)CO)C2=O. The lowest BCUT2D eigenvalue weighted by atomic mass is 9.59. The van der Waals surface area contributed by atoms with E-state index in [4.69, 9.17) is 5.11 Å². The summed E-state index contributed by atoms with van der Waals surface area (Å²) in [5, 5.41) is 39.4. The molecule has 0 spiro atoms. The molecule has 4 aliphatic heterocycles. The summed E-state index contributed by atoms with van der Waals surface area (Å²) in [5.74, 6) is 0.347. The number of ketones is 1. The molecule has 0 aromatic rings. The van der Waals surface area contributed by atoms with Gasteiger partial charge in [-0.05, 0) is 6.42 Å². The molecule has 4 heterocycles. The highest BCUT2D eigenvalue weighted by Gasteiger charge is 2.64. The summed E-state index contributed by atoms with van der Waals surface area (Å²) in [5.41, 5.74) is -0.807. The first-order valence-corrected chi connectivity index (χ1v) is 8.96. The maximum absolute atomic E-state index is 13.0. The number of carbonyl (C=O) groups is 1. The first-order valence-electron chi connectivity index (χ1n) is 8.96. The van der Waals surface area contributed by atoms with E-state index in [2.05, 4.69) is 16.7 Å². The fourth-order valence-electron chi connectivity index (χ4n) is 5.15. The van der Waals surface area contributed by atoms with Crippen LogP contribution in [-0.2, 0) is 4.79 Å². The summed E-state index contributed by atoms with van der Waals surface area (Å²) < 4.78 is 0. The zero-order chi connectivity index (χ0) is 17.7. The third-order valence-electron chi connectivity index (χ3n) is 6.14. The maximum atomic E-state index is 13.0. The van der Waals surface area contributed by atoms with Crippen molar-refractivity contribution in [3.8, 4) is 0 Å². The zero-order valence-electron chi connectivity index (χ0n) is 14.6. The number of nitrogens with zero attached hydrogens (tertiary/aromatic N) is 2. The van der Waals surface area contributed by atoms with Gasteiger partial charge in [0.1, 0.15) is 24.1 Å². The van der Waals surface area contributed by atoms with E-state index in [1.54, 1.807) is 0 Å². The minimum atomic E-state index is -1.41. The van der Waals surface area contributed by atoms with Crippen molar-refractivity contribution in [2.24, 2.45) is 10.8 Å². The molecule has 0 amide bonds. The number of Topliss-reactive ketones (excluding diaryl/α,β-unsaturated/α-hetero) is 1. The van der Waals surface area contributed by atoms with E-state index in [-0.39, 0.29) is 5.41 Å². The Bertz CT molecular complexity index is 483. The van der Waals surface area contributed by atoms with E-state index in [1.165, 1.54) is 0 Å². The number of carbonyl (C=O) groups excluding carboxylic acids is 1. The number of hydrogen-bond acceptors (Lipinski definition) is 7. The highest BCUT2D eigenvalue weighted by atomic mass is 16.4. The van der Waals surface area contributed by atoms with Gasteiger partial charge in [-0.1, -0.05) is 26.7 Å². The van der Waals surface area contributed by atoms with Crippen LogP contribution in [0.2, 0.25) is 0 Å². The molecule has 7 heteroatoms. The largest absolute Gasteiger partial charge is 0.394 e. The van der Waals surface area contributed by atoms with E-state index in [0.717, 1.165) is 19.3 Å². The van der Waals surface area contributed by atoms with Gasteiger partial charge in [0.15, 0.2) is 0 Å². The highest BCUT2D eigenvalue weighted by molar-refractivity contribution is 5.93. The van der Waals surface area contributed by atoms with Crippen molar-refractivity contribution in [3.63, 3.8) is 0 Å². The second-order valence-corrected chi connectivity index (χ2v) is 8.23. The molecule has 7 nitrogen and oxygen atoms in total. The Morgan fingerprint density at radius 1 is 1.17 bits per heavy atom. The maximum Gasteiger partial charge on any atom is 0.150 e. The van der Waals surface area contributed by atoms with Gasteiger partial charge in [-0.3, -0.25) is 14.6 Å². The number of aliphatic hydroxyl groups is 4. The Hall–Kier alpha value is -0.570. The minimum Gasteiger partial charge on any atom is -0.394 e. The van der Waals surface area contributed by atoms with Gasteiger partial charge >= 0.3 is 0 Å². The lowest BCUT2D eigenvalue weighted by Gasteiger charge is -2.66. The molecule has 4 fully saturated rings. The number of rotatable bonds is 7. The summed E-state index contributed by atoms with van der Waals surface area (Å²) in [4.78, 5) is 17.2. The monoisotopic (exact) mass is 342 g/mol.